The highest BCUT2D eigenvalue weighted by Crippen LogP contribution is 2.32. The smallest absolute Gasteiger partial charge is 0.338 e. The van der Waals surface area contributed by atoms with Crippen LogP contribution >= 0.6 is 12.6 Å². The van der Waals surface area contributed by atoms with Gasteiger partial charge in [-0.25, -0.2) is 9.59 Å². The molecule has 2 aliphatic heterocycles. The van der Waals surface area contributed by atoms with Crippen LogP contribution in [0.4, 0.5) is 0 Å². The third kappa shape index (κ3) is 5.24. The number of carbonyl (C=O) groups excluding carboxylic acids is 3. The maximum atomic E-state index is 12.8. The van der Waals surface area contributed by atoms with Gasteiger partial charge >= 0.3 is 11.9 Å². The van der Waals surface area contributed by atoms with Crippen molar-refractivity contribution in [2.24, 2.45) is 0 Å². The molecule has 2 aromatic rings. The van der Waals surface area contributed by atoms with Crippen LogP contribution in [0.5, 0.6) is 0 Å². The summed E-state index contributed by atoms with van der Waals surface area (Å²) in [6.45, 7) is -0.183. The molecule has 1 N–H and O–H groups in total. The standard InChI is InChI=1S/C24H24N2O7S/c1-30-20-19(33-23(29)16-10-6-3-7-11-16)17(14-31-22(28)15-8-4-2-5-9-15)32-21(20)26-13-12-18(27)25-24(26)34/h2-13,17,19-21,24,34H,14H2,1H3,(H,25,27)/t17-,19+,20+,21-,24?/m1/s1. The lowest BCUT2D eigenvalue weighted by Crippen LogP contribution is -2.53. The second-order valence-corrected chi connectivity index (χ2v) is 8.10. The molecule has 0 bridgehead atoms. The van der Waals surface area contributed by atoms with Gasteiger partial charge in [-0.2, -0.15) is 0 Å². The summed E-state index contributed by atoms with van der Waals surface area (Å²) < 4.78 is 23.1. The Labute approximate surface area is 202 Å². The molecule has 0 spiro atoms. The molecule has 2 heterocycles. The summed E-state index contributed by atoms with van der Waals surface area (Å²) in [7, 11) is 1.46. The molecule has 1 unspecified atom stereocenters. The SMILES string of the molecule is CO[C@H]1[C@@H](OC(=O)c2ccccc2)[C@@H](COC(=O)c2ccccc2)O[C@H]1N1C=CC(=O)NC1S. The number of thiol groups is 1. The van der Waals surface area contributed by atoms with E-state index in [2.05, 4.69) is 17.9 Å². The zero-order chi connectivity index (χ0) is 24.1. The predicted octanol–water partition coefficient (Wildman–Crippen LogP) is 1.97. The van der Waals surface area contributed by atoms with E-state index in [1.54, 1.807) is 65.6 Å². The lowest BCUT2D eigenvalue weighted by atomic mass is 10.1. The van der Waals surface area contributed by atoms with Gasteiger partial charge in [0.05, 0.1) is 11.1 Å². The van der Waals surface area contributed by atoms with Crippen LogP contribution in [-0.2, 0) is 23.7 Å². The topological polar surface area (TPSA) is 103 Å². The minimum Gasteiger partial charge on any atom is -0.459 e. The number of benzene rings is 2. The molecular weight excluding hydrogens is 460 g/mol. The van der Waals surface area contributed by atoms with Crippen molar-refractivity contribution in [2.45, 2.75) is 30.0 Å². The number of ether oxygens (including phenoxy) is 4. The fourth-order valence-electron chi connectivity index (χ4n) is 3.77. The third-order valence-electron chi connectivity index (χ3n) is 5.44. The summed E-state index contributed by atoms with van der Waals surface area (Å²) in [4.78, 5) is 38.6. The van der Waals surface area contributed by atoms with Crippen molar-refractivity contribution in [1.82, 2.24) is 10.2 Å². The Balaban J connectivity index is 1.55. The van der Waals surface area contributed by atoms with E-state index in [0.29, 0.717) is 11.1 Å². The fourth-order valence-corrected chi connectivity index (χ4v) is 4.10. The Hall–Kier alpha value is -3.34. The van der Waals surface area contributed by atoms with Crippen LogP contribution in [0.3, 0.4) is 0 Å². The first-order valence-electron chi connectivity index (χ1n) is 10.6. The molecular formula is C24H24N2O7S. The van der Waals surface area contributed by atoms with Gasteiger partial charge in [0.2, 0.25) is 5.91 Å². The molecule has 5 atom stereocenters. The zero-order valence-corrected chi connectivity index (χ0v) is 19.2. The van der Waals surface area contributed by atoms with Gasteiger partial charge in [-0.15, -0.1) is 12.6 Å². The molecule has 178 valence electrons. The molecule has 1 amide bonds. The number of hydrogen-bond donors (Lipinski definition) is 2. The van der Waals surface area contributed by atoms with Gasteiger partial charge < -0.3 is 29.2 Å². The van der Waals surface area contributed by atoms with Gasteiger partial charge in [-0.3, -0.25) is 4.79 Å². The molecule has 0 aromatic heterocycles. The van der Waals surface area contributed by atoms with Gasteiger partial charge in [0, 0.05) is 19.4 Å². The Morgan fingerprint density at radius 2 is 1.62 bits per heavy atom. The van der Waals surface area contributed by atoms with Gasteiger partial charge in [0.1, 0.15) is 24.3 Å². The summed E-state index contributed by atoms with van der Waals surface area (Å²) in [6, 6.07) is 17.0. The molecule has 34 heavy (non-hydrogen) atoms. The van der Waals surface area contributed by atoms with Crippen LogP contribution in [0.25, 0.3) is 0 Å². The average molecular weight is 485 g/mol. The lowest BCUT2D eigenvalue weighted by molar-refractivity contribution is -0.123. The highest BCUT2D eigenvalue weighted by atomic mass is 32.1. The third-order valence-corrected chi connectivity index (χ3v) is 5.84. The van der Waals surface area contributed by atoms with Crippen molar-refractivity contribution in [3.63, 3.8) is 0 Å². The van der Waals surface area contributed by atoms with Crippen LogP contribution in [0.15, 0.2) is 72.9 Å². The number of hydrogen-bond acceptors (Lipinski definition) is 9. The molecule has 10 heteroatoms. The number of carbonyl (C=O) groups is 3. The Bertz CT molecular complexity index is 1050. The summed E-state index contributed by atoms with van der Waals surface area (Å²) in [5.41, 5.74) is 0.0459. The maximum Gasteiger partial charge on any atom is 0.338 e. The first kappa shape index (κ1) is 23.8. The Morgan fingerprint density at radius 1 is 1.00 bits per heavy atom. The first-order chi connectivity index (χ1) is 16.5. The van der Waals surface area contributed by atoms with Crippen molar-refractivity contribution in [3.8, 4) is 0 Å². The van der Waals surface area contributed by atoms with Crippen LogP contribution in [0, 0.1) is 0 Å². The van der Waals surface area contributed by atoms with E-state index < -0.39 is 42.0 Å². The number of methoxy groups -OCH3 is 1. The van der Waals surface area contributed by atoms with Crippen LogP contribution < -0.4 is 5.32 Å². The second kappa shape index (κ2) is 10.7. The summed E-state index contributed by atoms with van der Waals surface area (Å²) >= 11 is 4.40. The van der Waals surface area contributed by atoms with Crippen LogP contribution in [-0.4, -0.2) is 66.5 Å². The van der Waals surface area contributed by atoms with Crippen LogP contribution in [0.2, 0.25) is 0 Å². The Morgan fingerprint density at radius 3 is 2.21 bits per heavy atom. The minimum absolute atomic E-state index is 0.183. The quantitative estimate of drug-likeness (QED) is 0.454. The van der Waals surface area contributed by atoms with E-state index in [0.717, 1.165) is 0 Å². The van der Waals surface area contributed by atoms with E-state index in [4.69, 9.17) is 18.9 Å². The van der Waals surface area contributed by atoms with Crippen molar-refractivity contribution < 1.29 is 33.3 Å². The molecule has 2 aromatic carbocycles. The van der Waals surface area contributed by atoms with Crippen molar-refractivity contribution in [2.75, 3.05) is 13.7 Å². The summed E-state index contributed by atoms with van der Waals surface area (Å²) in [5, 5.41) is 2.65. The highest BCUT2D eigenvalue weighted by molar-refractivity contribution is 7.80. The monoisotopic (exact) mass is 484 g/mol. The molecule has 4 rings (SSSR count). The largest absolute Gasteiger partial charge is 0.459 e. The van der Waals surface area contributed by atoms with E-state index in [-0.39, 0.29) is 12.5 Å². The highest BCUT2D eigenvalue weighted by Gasteiger charge is 2.51. The number of amides is 1. The number of nitrogens with one attached hydrogen (secondary N) is 1. The molecule has 0 saturated carbocycles. The first-order valence-corrected chi connectivity index (χ1v) is 11.1. The van der Waals surface area contributed by atoms with Gasteiger partial charge in [0.15, 0.2) is 12.3 Å². The summed E-state index contributed by atoms with van der Waals surface area (Å²) in [5.74, 6) is -1.41. The Kier molecular flexibility index (Phi) is 7.51. The molecule has 0 radical (unpaired) electrons. The number of esters is 2. The second-order valence-electron chi connectivity index (χ2n) is 7.61. The number of rotatable bonds is 7. The van der Waals surface area contributed by atoms with E-state index in [1.807, 2.05) is 0 Å². The molecule has 0 aliphatic carbocycles. The van der Waals surface area contributed by atoms with Crippen molar-refractivity contribution >= 4 is 30.5 Å². The van der Waals surface area contributed by atoms with Crippen molar-refractivity contribution in [3.05, 3.63) is 84.1 Å². The zero-order valence-electron chi connectivity index (χ0n) is 18.3. The maximum absolute atomic E-state index is 12.8. The fraction of sp³-hybridized carbons (Fsp3) is 0.292. The molecule has 2 aliphatic rings. The molecule has 9 nitrogen and oxygen atoms in total. The van der Waals surface area contributed by atoms with E-state index in [1.165, 1.54) is 19.4 Å². The molecule has 1 fully saturated rings. The molecule has 1 saturated heterocycles. The van der Waals surface area contributed by atoms with Gasteiger partial charge in [0.25, 0.3) is 0 Å². The lowest BCUT2D eigenvalue weighted by Gasteiger charge is -2.36. The average Bonchev–Trinajstić information content (AvgIpc) is 3.20. The van der Waals surface area contributed by atoms with Crippen molar-refractivity contribution in [1.29, 1.82) is 0 Å². The summed E-state index contributed by atoms with van der Waals surface area (Å²) in [6.07, 6.45) is -0.418. The predicted molar refractivity (Wildman–Crippen MR) is 124 cm³/mol. The van der Waals surface area contributed by atoms with E-state index in [9.17, 15) is 14.4 Å². The normalized spacial score (nSPS) is 26.1. The van der Waals surface area contributed by atoms with E-state index >= 15 is 0 Å². The van der Waals surface area contributed by atoms with Gasteiger partial charge in [-0.1, -0.05) is 36.4 Å². The minimum atomic E-state index is -0.905. The van der Waals surface area contributed by atoms with Crippen LogP contribution in [0.1, 0.15) is 20.7 Å². The number of nitrogens with zero attached hydrogens (tertiary/aromatic N) is 1. The van der Waals surface area contributed by atoms with Gasteiger partial charge in [-0.05, 0) is 24.3 Å².